The largest absolute Gasteiger partial charge is 0.298 e. The molecule has 13 heavy (non-hydrogen) atoms. The van der Waals surface area contributed by atoms with Crippen molar-refractivity contribution >= 4 is 66.2 Å². The number of carbonyl (C=O) groups is 1. The van der Waals surface area contributed by atoms with Crippen LogP contribution in [0.5, 0.6) is 0 Å². The van der Waals surface area contributed by atoms with Crippen molar-refractivity contribution in [2.45, 2.75) is 0 Å². The molecule has 0 bridgehead atoms. The third-order valence-corrected chi connectivity index (χ3v) is 4.33. The molecule has 1 nitrogen and oxygen atoms in total. The highest BCUT2D eigenvalue weighted by Crippen LogP contribution is 2.32. The SMILES string of the molecule is O=Cc1c(Br)ccc2sc(I)cc12. The first-order chi connectivity index (χ1) is 6.22. The Labute approximate surface area is 101 Å². The molecule has 0 aliphatic heterocycles. The highest BCUT2D eigenvalue weighted by molar-refractivity contribution is 14.1. The van der Waals surface area contributed by atoms with Gasteiger partial charge in [-0.3, -0.25) is 4.79 Å². The Morgan fingerprint density at radius 1 is 1.46 bits per heavy atom. The normalized spacial score (nSPS) is 10.6. The van der Waals surface area contributed by atoms with Gasteiger partial charge in [0.1, 0.15) is 0 Å². The smallest absolute Gasteiger partial charge is 0.151 e. The summed E-state index contributed by atoms with van der Waals surface area (Å²) in [6.07, 6.45) is 0.898. The van der Waals surface area contributed by atoms with Crippen LogP contribution in [0.25, 0.3) is 10.1 Å². The summed E-state index contributed by atoms with van der Waals surface area (Å²) in [7, 11) is 0. The highest BCUT2D eigenvalue weighted by atomic mass is 127. The predicted molar refractivity (Wildman–Crippen MR) is 67.6 cm³/mol. The van der Waals surface area contributed by atoms with Crippen LogP contribution in [0.3, 0.4) is 0 Å². The summed E-state index contributed by atoms with van der Waals surface area (Å²) in [6.45, 7) is 0. The lowest BCUT2D eigenvalue weighted by molar-refractivity contribution is 0.112. The van der Waals surface area contributed by atoms with Crippen LogP contribution in [0.15, 0.2) is 22.7 Å². The number of carbonyl (C=O) groups excluding carboxylic acids is 1. The molecule has 4 heteroatoms. The van der Waals surface area contributed by atoms with Gasteiger partial charge in [0.2, 0.25) is 0 Å². The second kappa shape index (κ2) is 3.67. The minimum Gasteiger partial charge on any atom is -0.298 e. The molecule has 2 aromatic rings. The molecule has 0 aliphatic rings. The van der Waals surface area contributed by atoms with Gasteiger partial charge in [-0.05, 0) is 40.8 Å². The van der Waals surface area contributed by atoms with Crippen molar-refractivity contribution < 1.29 is 4.79 Å². The predicted octanol–water partition coefficient (Wildman–Crippen LogP) is 4.08. The molecule has 0 amide bonds. The highest BCUT2D eigenvalue weighted by Gasteiger charge is 2.07. The van der Waals surface area contributed by atoms with Crippen LogP contribution >= 0.6 is 49.9 Å². The van der Waals surface area contributed by atoms with Crippen LogP contribution in [0.2, 0.25) is 0 Å². The molecule has 0 saturated carbocycles. The number of hydrogen-bond donors (Lipinski definition) is 0. The fourth-order valence-corrected chi connectivity index (χ4v) is 3.46. The van der Waals surface area contributed by atoms with E-state index in [1.807, 2.05) is 18.2 Å². The Balaban J connectivity index is 2.90. The maximum Gasteiger partial charge on any atom is 0.151 e. The standard InChI is InChI=1S/C9H4BrIOS/c10-7-1-2-8-5(6(7)4-12)3-9(11)13-8/h1-4H. The molecule has 0 saturated heterocycles. The third kappa shape index (κ3) is 1.67. The van der Waals surface area contributed by atoms with Crippen LogP contribution in [-0.4, -0.2) is 6.29 Å². The molecule has 0 N–H and O–H groups in total. The van der Waals surface area contributed by atoms with Crippen molar-refractivity contribution in [1.29, 1.82) is 0 Å². The molecule has 0 spiro atoms. The molecule has 2 rings (SSSR count). The average molecular weight is 367 g/mol. The lowest BCUT2D eigenvalue weighted by Crippen LogP contribution is -1.81. The number of fused-ring (bicyclic) bond motifs is 1. The zero-order valence-corrected chi connectivity index (χ0v) is 10.9. The minimum atomic E-state index is 0.747. The maximum atomic E-state index is 10.8. The Hall–Kier alpha value is 0.0600. The molecule has 0 atom stereocenters. The van der Waals surface area contributed by atoms with Gasteiger partial charge in [-0.25, -0.2) is 0 Å². The van der Waals surface area contributed by atoms with E-state index in [1.165, 1.54) is 2.88 Å². The summed E-state index contributed by atoms with van der Waals surface area (Å²) in [5.41, 5.74) is 0.747. The zero-order valence-electron chi connectivity index (χ0n) is 6.38. The Bertz CT molecular complexity index is 478. The molecule has 1 heterocycles. The first-order valence-electron chi connectivity index (χ1n) is 3.55. The molecule has 0 radical (unpaired) electrons. The molecule has 66 valence electrons. The van der Waals surface area contributed by atoms with Gasteiger partial charge in [0.25, 0.3) is 0 Å². The van der Waals surface area contributed by atoms with Gasteiger partial charge < -0.3 is 0 Å². The summed E-state index contributed by atoms with van der Waals surface area (Å²) >= 11 is 7.32. The van der Waals surface area contributed by atoms with E-state index in [2.05, 4.69) is 38.5 Å². The summed E-state index contributed by atoms with van der Waals surface area (Å²) in [6, 6.07) is 5.98. The molecule has 1 aromatic carbocycles. The number of thiophene rings is 1. The van der Waals surface area contributed by atoms with Gasteiger partial charge in [-0.2, -0.15) is 0 Å². The van der Waals surface area contributed by atoms with E-state index in [9.17, 15) is 4.79 Å². The van der Waals surface area contributed by atoms with E-state index in [0.717, 1.165) is 26.4 Å². The van der Waals surface area contributed by atoms with Crippen molar-refractivity contribution in [3.05, 3.63) is 31.1 Å². The number of rotatable bonds is 1. The van der Waals surface area contributed by atoms with Crippen LogP contribution in [0.4, 0.5) is 0 Å². The maximum absolute atomic E-state index is 10.8. The monoisotopic (exact) mass is 366 g/mol. The molecule has 0 unspecified atom stereocenters. The number of aldehydes is 1. The van der Waals surface area contributed by atoms with Gasteiger partial charge in [0, 0.05) is 20.1 Å². The molecule has 1 aromatic heterocycles. The average Bonchev–Trinajstić information content (AvgIpc) is 2.45. The fourth-order valence-electron chi connectivity index (χ4n) is 1.20. The summed E-state index contributed by atoms with van der Waals surface area (Å²) < 4.78 is 3.23. The second-order valence-corrected chi connectivity index (χ2v) is 6.37. The Kier molecular flexibility index (Phi) is 2.71. The third-order valence-electron chi connectivity index (χ3n) is 1.78. The molecule has 0 fully saturated rings. The molecule has 0 aliphatic carbocycles. The number of hydrogen-bond acceptors (Lipinski definition) is 2. The van der Waals surface area contributed by atoms with Crippen LogP contribution in [-0.2, 0) is 0 Å². The topological polar surface area (TPSA) is 17.1 Å². The zero-order chi connectivity index (χ0) is 9.42. The quantitative estimate of drug-likeness (QED) is 0.549. The first kappa shape index (κ1) is 9.61. The van der Waals surface area contributed by atoms with Crippen molar-refractivity contribution in [2.24, 2.45) is 0 Å². The van der Waals surface area contributed by atoms with Crippen molar-refractivity contribution in [3.63, 3.8) is 0 Å². The Morgan fingerprint density at radius 3 is 2.92 bits per heavy atom. The summed E-state index contributed by atoms with van der Waals surface area (Å²) in [5, 5.41) is 1.04. The van der Waals surface area contributed by atoms with E-state index in [1.54, 1.807) is 11.3 Å². The van der Waals surface area contributed by atoms with E-state index in [4.69, 9.17) is 0 Å². The van der Waals surface area contributed by atoms with E-state index in [0.29, 0.717) is 0 Å². The van der Waals surface area contributed by atoms with Crippen molar-refractivity contribution in [3.8, 4) is 0 Å². The van der Waals surface area contributed by atoms with E-state index < -0.39 is 0 Å². The van der Waals surface area contributed by atoms with Crippen LogP contribution in [0, 0.1) is 2.88 Å². The van der Waals surface area contributed by atoms with Gasteiger partial charge in [0.15, 0.2) is 6.29 Å². The van der Waals surface area contributed by atoms with Gasteiger partial charge >= 0.3 is 0 Å². The van der Waals surface area contributed by atoms with Crippen molar-refractivity contribution in [1.82, 2.24) is 0 Å². The first-order valence-corrected chi connectivity index (χ1v) is 6.24. The second-order valence-electron chi connectivity index (χ2n) is 2.54. The molecular formula is C9H4BrIOS. The molecular weight excluding hydrogens is 363 g/mol. The fraction of sp³-hybridized carbons (Fsp3) is 0. The lowest BCUT2D eigenvalue weighted by atomic mass is 10.1. The van der Waals surface area contributed by atoms with E-state index in [-0.39, 0.29) is 0 Å². The summed E-state index contributed by atoms with van der Waals surface area (Å²) in [4.78, 5) is 10.8. The van der Waals surface area contributed by atoms with E-state index >= 15 is 0 Å². The number of halogens is 2. The number of benzene rings is 1. The van der Waals surface area contributed by atoms with Gasteiger partial charge in [-0.1, -0.05) is 15.9 Å². The van der Waals surface area contributed by atoms with Crippen LogP contribution < -0.4 is 0 Å². The minimum absolute atomic E-state index is 0.747. The van der Waals surface area contributed by atoms with Crippen LogP contribution in [0.1, 0.15) is 10.4 Å². The van der Waals surface area contributed by atoms with Gasteiger partial charge in [-0.15, -0.1) is 11.3 Å². The van der Waals surface area contributed by atoms with Crippen molar-refractivity contribution in [2.75, 3.05) is 0 Å². The van der Waals surface area contributed by atoms with Gasteiger partial charge in [0.05, 0.1) is 2.88 Å². The lowest BCUT2D eigenvalue weighted by Gasteiger charge is -1.96. The Morgan fingerprint density at radius 2 is 2.23 bits per heavy atom. The summed E-state index contributed by atoms with van der Waals surface area (Å²) in [5.74, 6) is 0.